The Hall–Kier alpha value is -1.31. The van der Waals surface area contributed by atoms with Crippen molar-refractivity contribution in [3.8, 4) is 0 Å². The van der Waals surface area contributed by atoms with Crippen LogP contribution in [0.1, 0.15) is 42.4 Å². The molecule has 2 nitrogen and oxygen atoms in total. The van der Waals surface area contributed by atoms with Crippen molar-refractivity contribution >= 4 is 10.9 Å². The second-order valence-electron chi connectivity index (χ2n) is 4.95. The number of aromatic nitrogens is 2. The molecule has 2 rings (SSSR count). The summed E-state index contributed by atoms with van der Waals surface area (Å²) in [7, 11) is 2.14. The predicted octanol–water partition coefficient (Wildman–Crippen LogP) is 3.62. The number of hydrogen-bond acceptors (Lipinski definition) is 1. The molecule has 0 aliphatic heterocycles. The van der Waals surface area contributed by atoms with Crippen molar-refractivity contribution < 1.29 is 0 Å². The molecule has 2 heterocycles. The first-order valence-corrected chi connectivity index (χ1v) is 5.86. The van der Waals surface area contributed by atoms with Crippen molar-refractivity contribution in [2.75, 3.05) is 0 Å². The van der Waals surface area contributed by atoms with Gasteiger partial charge in [-0.2, -0.15) is 0 Å². The molecule has 0 spiro atoms. The van der Waals surface area contributed by atoms with Gasteiger partial charge < -0.3 is 4.57 Å². The molecule has 0 atom stereocenters. The van der Waals surface area contributed by atoms with Gasteiger partial charge in [0.25, 0.3) is 0 Å². The van der Waals surface area contributed by atoms with Gasteiger partial charge in [-0.05, 0) is 38.3 Å². The molecule has 2 aromatic heterocycles. The molecule has 0 radical (unpaired) electrons. The van der Waals surface area contributed by atoms with Gasteiger partial charge in [-0.1, -0.05) is 13.8 Å². The topological polar surface area (TPSA) is 17.8 Å². The molecule has 86 valence electrons. The molecular formula is C14H20N2. The zero-order valence-corrected chi connectivity index (χ0v) is 11.0. The maximum Gasteiger partial charge on any atom is 0.0699 e. The minimum absolute atomic E-state index is 0.552. The standard InChI is InChI=1S/C14H20N2/c1-8(2)13-7-12-9(3)10(4)15-11(5)14(12)16(13)6/h7-8H,1-6H3. The molecule has 0 unspecified atom stereocenters. The zero-order chi connectivity index (χ0) is 12.0. The summed E-state index contributed by atoms with van der Waals surface area (Å²) in [5.41, 5.74) is 6.25. The van der Waals surface area contributed by atoms with Gasteiger partial charge in [0, 0.05) is 23.8 Å². The monoisotopic (exact) mass is 216 g/mol. The van der Waals surface area contributed by atoms with Gasteiger partial charge in [0.05, 0.1) is 11.2 Å². The van der Waals surface area contributed by atoms with E-state index in [2.05, 4.69) is 57.3 Å². The van der Waals surface area contributed by atoms with Crippen molar-refractivity contribution in [3.63, 3.8) is 0 Å². The Morgan fingerprint density at radius 2 is 1.75 bits per heavy atom. The third-order valence-corrected chi connectivity index (χ3v) is 3.49. The quantitative estimate of drug-likeness (QED) is 0.712. The largest absolute Gasteiger partial charge is 0.346 e. The van der Waals surface area contributed by atoms with Crippen LogP contribution in [0, 0.1) is 20.8 Å². The summed E-state index contributed by atoms with van der Waals surface area (Å²) < 4.78 is 2.29. The molecule has 16 heavy (non-hydrogen) atoms. The SMILES string of the molecule is Cc1nc(C)c2c(cc(C(C)C)n2C)c1C. The van der Waals surface area contributed by atoms with Gasteiger partial charge in [-0.15, -0.1) is 0 Å². The smallest absolute Gasteiger partial charge is 0.0699 e. The minimum atomic E-state index is 0.552. The van der Waals surface area contributed by atoms with Gasteiger partial charge >= 0.3 is 0 Å². The number of rotatable bonds is 1. The van der Waals surface area contributed by atoms with Crippen molar-refractivity contribution in [2.45, 2.75) is 40.5 Å². The van der Waals surface area contributed by atoms with E-state index in [1.54, 1.807) is 0 Å². The Balaban J connectivity index is 2.91. The molecule has 0 amide bonds. The molecular weight excluding hydrogens is 196 g/mol. The number of nitrogens with zero attached hydrogens (tertiary/aromatic N) is 2. The van der Waals surface area contributed by atoms with E-state index in [-0.39, 0.29) is 0 Å². The number of hydrogen-bond donors (Lipinski definition) is 0. The Morgan fingerprint density at radius 3 is 2.31 bits per heavy atom. The van der Waals surface area contributed by atoms with E-state index >= 15 is 0 Å². The molecule has 0 fully saturated rings. The summed E-state index contributed by atoms with van der Waals surface area (Å²) >= 11 is 0. The first kappa shape index (κ1) is 11.2. The highest BCUT2D eigenvalue weighted by molar-refractivity contribution is 5.87. The van der Waals surface area contributed by atoms with Crippen molar-refractivity contribution in [1.29, 1.82) is 0 Å². The average molecular weight is 216 g/mol. The number of aryl methyl sites for hydroxylation is 4. The molecule has 0 aliphatic rings. The van der Waals surface area contributed by atoms with Crippen LogP contribution in [-0.4, -0.2) is 9.55 Å². The predicted molar refractivity (Wildman–Crippen MR) is 69.0 cm³/mol. The highest BCUT2D eigenvalue weighted by Crippen LogP contribution is 2.29. The summed E-state index contributed by atoms with van der Waals surface area (Å²) in [5, 5.41) is 1.36. The molecule has 2 heteroatoms. The van der Waals surface area contributed by atoms with Crippen LogP contribution < -0.4 is 0 Å². The van der Waals surface area contributed by atoms with Crippen LogP contribution in [0.15, 0.2) is 6.07 Å². The fraction of sp³-hybridized carbons (Fsp3) is 0.500. The van der Waals surface area contributed by atoms with E-state index in [1.165, 1.54) is 22.2 Å². The van der Waals surface area contributed by atoms with Crippen LogP contribution in [0.25, 0.3) is 10.9 Å². The summed E-state index contributed by atoms with van der Waals surface area (Å²) in [5.74, 6) is 0.552. The maximum atomic E-state index is 4.61. The lowest BCUT2D eigenvalue weighted by Gasteiger charge is -2.09. The van der Waals surface area contributed by atoms with Gasteiger partial charge in [-0.3, -0.25) is 4.98 Å². The zero-order valence-electron chi connectivity index (χ0n) is 11.0. The Labute approximate surface area is 97.3 Å². The van der Waals surface area contributed by atoms with E-state index in [0.717, 1.165) is 11.4 Å². The van der Waals surface area contributed by atoms with E-state index in [1.807, 2.05) is 0 Å². The lowest BCUT2D eigenvalue weighted by atomic mass is 10.1. The van der Waals surface area contributed by atoms with Crippen LogP contribution in [0.5, 0.6) is 0 Å². The van der Waals surface area contributed by atoms with Crippen LogP contribution in [0.2, 0.25) is 0 Å². The molecule has 0 saturated heterocycles. The summed E-state index contributed by atoms with van der Waals surface area (Å²) in [4.78, 5) is 4.61. The lowest BCUT2D eigenvalue weighted by Crippen LogP contribution is -2.00. The van der Waals surface area contributed by atoms with Crippen molar-refractivity contribution in [3.05, 3.63) is 28.7 Å². The van der Waals surface area contributed by atoms with Crippen LogP contribution in [0.4, 0.5) is 0 Å². The van der Waals surface area contributed by atoms with Gasteiger partial charge in [0.2, 0.25) is 0 Å². The third kappa shape index (κ3) is 1.44. The van der Waals surface area contributed by atoms with E-state index in [4.69, 9.17) is 0 Å². The van der Waals surface area contributed by atoms with E-state index in [9.17, 15) is 0 Å². The van der Waals surface area contributed by atoms with Gasteiger partial charge in [0.1, 0.15) is 0 Å². The number of pyridine rings is 1. The van der Waals surface area contributed by atoms with E-state index < -0.39 is 0 Å². The molecule has 0 N–H and O–H groups in total. The molecule has 0 bridgehead atoms. The normalized spacial score (nSPS) is 11.7. The minimum Gasteiger partial charge on any atom is -0.346 e. The highest BCUT2D eigenvalue weighted by Gasteiger charge is 2.14. The van der Waals surface area contributed by atoms with Gasteiger partial charge in [0.15, 0.2) is 0 Å². The fourth-order valence-corrected chi connectivity index (χ4v) is 2.48. The summed E-state index contributed by atoms with van der Waals surface area (Å²) in [6.07, 6.45) is 0. The Morgan fingerprint density at radius 1 is 1.12 bits per heavy atom. The fourth-order valence-electron chi connectivity index (χ4n) is 2.48. The van der Waals surface area contributed by atoms with Crippen LogP contribution in [0.3, 0.4) is 0 Å². The van der Waals surface area contributed by atoms with Gasteiger partial charge in [-0.25, -0.2) is 0 Å². The van der Waals surface area contributed by atoms with Crippen LogP contribution >= 0.6 is 0 Å². The molecule has 0 saturated carbocycles. The van der Waals surface area contributed by atoms with Crippen molar-refractivity contribution in [2.24, 2.45) is 7.05 Å². The molecule has 2 aromatic rings. The lowest BCUT2D eigenvalue weighted by molar-refractivity contribution is 0.753. The third-order valence-electron chi connectivity index (χ3n) is 3.49. The molecule has 0 aliphatic carbocycles. The first-order chi connectivity index (χ1) is 7.43. The maximum absolute atomic E-state index is 4.61. The van der Waals surface area contributed by atoms with Crippen molar-refractivity contribution in [1.82, 2.24) is 9.55 Å². The Bertz CT molecular complexity index is 548. The highest BCUT2D eigenvalue weighted by atomic mass is 15.0. The summed E-state index contributed by atoms with van der Waals surface area (Å²) in [6.45, 7) is 10.8. The Kier molecular flexibility index (Phi) is 2.53. The average Bonchev–Trinajstić information content (AvgIpc) is 2.53. The van der Waals surface area contributed by atoms with Crippen LogP contribution in [-0.2, 0) is 7.05 Å². The second-order valence-corrected chi connectivity index (χ2v) is 4.95. The molecule has 0 aromatic carbocycles. The number of fused-ring (bicyclic) bond motifs is 1. The second kappa shape index (κ2) is 3.62. The first-order valence-electron chi connectivity index (χ1n) is 5.86. The summed E-state index contributed by atoms with van der Waals surface area (Å²) in [6, 6.07) is 2.32. The van der Waals surface area contributed by atoms with E-state index in [0.29, 0.717) is 5.92 Å².